The topological polar surface area (TPSA) is 97.6 Å². The molecule has 0 saturated heterocycles. The van der Waals surface area contributed by atoms with Gasteiger partial charge in [-0.05, 0) is 49.2 Å². The summed E-state index contributed by atoms with van der Waals surface area (Å²) < 4.78 is 29.2. The van der Waals surface area contributed by atoms with Crippen molar-refractivity contribution in [3.05, 3.63) is 77.9 Å². The quantitative estimate of drug-likeness (QED) is 0.423. The lowest BCUT2D eigenvalue weighted by Crippen LogP contribution is -2.39. The molecule has 3 aromatic rings. The lowest BCUT2D eigenvalue weighted by Gasteiger charge is -2.23. The smallest absolute Gasteiger partial charge is 0.337 e. The van der Waals surface area contributed by atoms with Crippen molar-refractivity contribution in [2.45, 2.75) is 19.9 Å². The van der Waals surface area contributed by atoms with Crippen LogP contribution >= 0.6 is 22.9 Å². The summed E-state index contributed by atoms with van der Waals surface area (Å²) in [4.78, 5) is 31.3. The van der Waals surface area contributed by atoms with E-state index in [1.54, 1.807) is 36.4 Å². The second-order valence-electron chi connectivity index (χ2n) is 7.98. The van der Waals surface area contributed by atoms with Crippen molar-refractivity contribution in [2.24, 2.45) is 4.99 Å². The number of fused-ring (bicyclic) bond motifs is 2. The van der Waals surface area contributed by atoms with Crippen molar-refractivity contribution in [3.63, 3.8) is 0 Å². The highest BCUT2D eigenvalue weighted by Crippen LogP contribution is 2.37. The van der Waals surface area contributed by atoms with E-state index in [9.17, 15) is 9.59 Å². The molecule has 0 fully saturated rings. The Morgan fingerprint density at radius 1 is 1.16 bits per heavy atom. The third-order valence-electron chi connectivity index (χ3n) is 5.79. The Labute approximate surface area is 220 Å². The molecule has 11 heteroatoms. The van der Waals surface area contributed by atoms with Crippen LogP contribution in [0.1, 0.15) is 31.0 Å². The Morgan fingerprint density at radius 2 is 1.89 bits per heavy atom. The van der Waals surface area contributed by atoms with Gasteiger partial charge in [0.1, 0.15) is 0 Å². The lowest BCUT2D eigenvalue weighted by atomic mass is 9.97. The Bertz CT molecular complexity index is 1590. The molecule has 0 N–H and O–H groups in total. The fourth-order valence-electron chi connectivity index (χ4n) is 4.17. The summed E-state index contributed by atoms with van der Waals surface area (Å²) in [6.07, 6.45) is 3.12. The molecule has 3 heterocycles. The summed E-state index contributed by atoms with van der Waals surface area (Å²) in [5, 5.41) is 0.412. The first kappa shape index (κ1) is 24.9. The predicted octanol–water partition coefficient (Wildman–Crippen LogP) is 3.20. The van der Waals surface area contributed by atoms with E-state index in [4.69, 9.17) is 35.3 Å². The van der Waals surface area contributed by atoms with Crippen LogP contribution in [0.2, 0.25) is 5.02 Å². The van der Waals surface area contributed by atoms with Crippen molar-refractivity contribution in [2.75, 3.05) is 27.1 Å². The zero-order chi connectivity index (χ0) is 26.1. The molecule has 1 aromatic heterocycles. The van der Waals surface area contributed by atoms with Crippen molar-refractivity contribution >= 4 is 35.0 Å². The molecule has 37 heavy (non-hydrogen) atoms. The standard InChI is InChI=1S/C26H23ClN2O7S/c1-4-33-18-7-6-14(8-19(18)34-5-2)23-16(25(31)32-3)12-28-26-29(23)24(30)22(37-26)10-15-9-20-21(11-17(15)27)36-13-35-20/h6-12,23H,4-5,13H2,1-3H3/b22-10+/t23-/m0/s1. The van der Waals surface area contributed by atoms with Crippen molar-refractivity contribution < 1.29 is 28.5 Å². The van der Waals surface area contributed by atoms with Crippen LogP contribution in [0.15, 0.2) is 51.9 Å². The highest BCUT2D eigenvalue weighted by atomic mass is 35.5. The molecule has 0 amide bonds. The first-order valence-electron chi connectivity index (χ1n) is 11.5. The van der Waals surface area contributed by atoms with Crippen molar-refractivity contribution in [1.29, 1.82) is 0 Å². The van der Waals surface area contributed by atoms with E-state index in [1.807, 2.05) is 13.8 Å². The van der Waals surface area contributed by atoms with Gasteiger partial charge in [0.25, 0.3) is 5.56 Å². The molecule has 192 valence electrons. The van der Waals surface area contributed by atoms with Gasteiger partial charge in [-0.25, -0.2) is 9.79 Å². The van der Waals surface area contributed by atoms with Gasteiger partial charge < -0.3 is 23.7 Å². The van der Waals surface area contributed by atoms with E-state index in [0.717, 1.165) is 0 Å². The molecule has 2 aliphatic heterocycles. The van der Waals surface area contributed by atoms with Gasteiger partial charge in [-0.15, -0.1) is 0 Å². The van der Waals surface area contributed by atoms with E-state index in [0.29, 0.717) is 61.7 Å². The molecule has 0 aliphatic carbocycles. The van der Waals surface area contributed by atoms with Gasteiger partial charge in [-0.2, -0.15) is 0 Å². The van der Waals surface area contributed by atoms with Crippen LogP contribution in [-0.4, -0.2) is 37.7 Å². The van der Waals surface area contributed by atoms with Gasteiger partial charge >= 0.3 is 5.97 Å². The predicted molar refractivity (Wildman–Crippen MR) is 138 cm³/mol. The molecule has 0 radical (unpaired) electrons. The second kappa shape index (κ2) is 10.3. The van der Waals surface area contributed by atoms with Gasteiger partial charge in [0, 0.05) is 12.3 Å². The van der Waals surface area contributed by atoms with Crippen LogP contribution in [0.25, 0.3) is 6.08 Å². The molecule has 9 nitrogen and oxygen atoms in total. The summed E-state index contributed by atoms with van der Waals surface area (Å²) in [6, 6.07) is 7.93. The van der Waals surface area contributed by atoms with Crippen molar-refractivity contribution in [3.8, 4) is 23.0 Å². The highest BCUT2D eigenvalue weighted by molar-refractivity contribution is 7.07. The zero-order valence-electron chi connectivity index (χ0n) is 20.3. The number of carbonyl (C=O) groups is 1. The molecular formula is C26H23ClN2O7S. The maximum Gasteiger partial charge on any atom is 0.337 e. The highest BCUT2D eigenvalue weighted by Gasteiger charge is 2.31. The van der Waals surface area contributed by atoms with Crippen LogP contribution in [0.4, 0.5) is 0 Å². The molecule has 0 unspecified atom stereocenters. The van der Waals surface area contributed by atoms with E-state index in [2.05, 4.69) is 4.99 Å². The molecular weight excluding hydrogens is 520 g/mol. The van der Waals surface area contributed by atoms with Gasteiger partial charge in [0.2, 0.25) is 6.79 Å². The average molecular weight is 543 g/mol. The summed E-state index contributed by atoms with van der Waals surface area (Å²) in [7, 11) is 1.29. The number of halogens is 1. The third-order valence-corrected chi connectivity index (χ3v) is 7.11. The summed E-state index contributed by atoms with van der Waals surface area (Å²) in [5.41, 5.74) is 1.13. The maximum atomic E-state index is 13.7. The number of methoxy groups -OCH3 is 1. The molecule has 2 aromatic carbocycles. The van der Waals surface area contributed by atoms with E-state index >= 15 is 0 Å². The van der Waals surface area contributed by atoms with Crippen LogP contribution in [0.3, 0.4) is 0 Å². The van der Waals surface area contributed by atoms with E-state index in [-0.39, 0.29) is 17.9 Å². The maximum absolute atomic E-state index is 13.7. The Kier molecular flexibility index (Phi) is 6.94. The normalized spacial score (nSPS) is 16.1. The minimum absolute atomic E-state index is 0.111. The number of hydrogen-bond donors (Lipinski definition) is 0. The number of benzene rings is 2. The zero-order valence-corrected chi connectivity index (χ0v) is 21.9. The van der Waals surface area contributed by atoms with Crippen molar-refractivity contribution in [1.82, 2.24) is 4.57 Å². The average Bonchev–Trinajstić information content (AvgIpc) is 3.48. The summed E-state index contributed by atoms with van der Waals surface area (Å²) in [6.45, 7) is 4.74. The second-order valence-corrected chi connectivity index (χ2v) is 9.39. The SMILES string of the molecule is CCOc1ccc([C@H]2C(C(=O)OC)=CN=c3s/c(=C/c4cc5c(cc4Cl)OCO5)c(=O)n32)cc1OCC. The number of nitrogens with zero attached hydrogens (tertiary/aromatic N) is 2. The number of ether oxygens (including phenoxy) is 5. The lowest BCUT2D eigenvalue weighted by molar-refractivity contribution is -0.136. The van der Waals surface area contributed by atoms with Gasteiger partial charge in [0.15, 0.2) is 27.8 Å². The molecule has 0 saturated carbocycles. The van der Waals surface area contributed by atoms with Gasteiger partial charge in [-0.1, -0.05) is 29.0 Å². The van der Waals surface area contributed by atoms with E-state index in [1.165, 1.54) is 29.2 Å². The number of thiazole rings is 1. The Hall–Kier alpha value is -3.76. The molecule has 1 atom stereocenters. The first-order chi connectivity index (χ1) is 17.9. The summed E-state index contributed by atoms with van der Waals surface area (Å²) >= 11 is 7.63. The summed E-state index contributed by atoms with van der Waals surface area (Å²) in [5.74, 6) is 1.59. The fraction of sp³-hybridized carbons (Fsp3) is 0.269. The third kappa shape index (κ3) is 4.58. The van der Waals surface area contributed by atoms with Gasteiger partial charge in [-0.3, -0.25) is 9.36 Å². The van der Waals surface area contributed by atoms with Crippen LogP contribution < -0.4 is 33.8 Å². The van der Waals surface area contributed by atoms with E-state index < -0.39 is 12.0 Å². The molecule has 0 spiro atoms. The Morgan fingerprint density at radius 3 is 2.62 bits per heavy atom. The number of carbonyl (C=O) groups excluding carboxylic acids is 1. The molecule has 5 rings (SSSR count). The number of rotatable bonds is 7. The van der Waals surface area contributed by atoms with Crippen LogP contribution in [0.5, 0.6) is 23.0 Å². The van der Waals surface area contributed by atoms with Crippen LogP contribution in [-0.2, 0) is 9.53 Å². The number of esters is 1. The fourth-order valence-corrected chi connectivity index (χ4v) is 5.34. The number of hydrogen-bond acceptors (Lipinski definition) is 9. The molecule has 2 aliphatic rings. The minimum atomic E-state index is -0.784. The van der Waals surface area contributed by atoms with Crippen LogP contribution in [0, 0.1) is 0 Å². The molecule has 0 bridgehead atoms. The Balaban J connectivity index is 1.67. The first-order valence-corrected chi connectivity index (χ1v) is 12.7. The minimum Gasteiger partial charge on any atom is -0.490 e. The van der Waals surface area contributed by atoms with Gasteiger partial charge in [0.05, 0.1) is 41.5 Å². The monoisotopic (exact) mass is 542 g/mol. The number of aromatic nitrogens is 1. The largest absolute Gasteiger partial charge is 0.490 e.